The Kier molecular flexibility index (Phi) is 19.0. The minimum atomic E-state index is -1.56. The summed E-state index contributed by atoms with van der Waals surface area (Å²) < 4.78 is 45.9. The van der Waals surface area contributed by atoms with E-state index in [9.17, 15) is 35.4 Å². The first-order valence-corrected chi connectivity index (χ1v) is 22.7. The van der Waals surface area contributed by atoms with Crippen LogP contribution in [0.3, 0.4) is 0 Å². The molecule has 0 bridgehead atoms. The maximum Gasteiger partial charge on any atom is 0.305 e. The lowest BCUT2D eigenvalue weighted by Crippen LogP contribution is -2.56. The number of ether oxygens (including phenoxy) is 8. The molecule has 0 saturated carbocycles. The van der Waals surface area contributed by atoms with Crippen molar-refractivity contribution in [2.45, 2.75) is 80.2 Å². The van der Waals surface area contributed by atoms with Crippen molar-refractivity contribution >= 4 is 5.97 Å². The van der Waals surface area contributed by atoms with E-state index in [4.69, 9.17) is 37.9 Å². The molecule has 2 saturated heterocycles. The maximum absolute atomic E-state index is 12.6. The average molecular weight is 918 g/mol. The van der Waals surface area contributed by atoms with Gasteiger partial charge in [0.1, 0.15) is 43.2 Å². The number of carbonyl (C=O) groups is 1. The molecule has 0 amide bonds. The first-order chi connectivity index (χ1) is 32.2. The zero-order valence-electron chi connectivity index (χ0n) is 36.9. The van der Waals surface area contributed by atoms with Gasteiger partial charge < -0.3 is 68.5 Å². The van der Waals surface area contributed by atoms with Crippen LogP contribution in [0, 0.1) is 0 Å². The summed E-state index contributed by atoms with van der Waals surface area (Å²) >= 11 is 0. The molecule has 16 heteroatoms. The Labute approximate surface area is 385 Å². The Morgan fingerprint density at radius 1 is 0.591 bits per heavy atom. The third-order valence-corrected chi connectivity index (χ3v) is 12.0. The Balaban J connectivity index is 0.819. The van der Waals surface area contributed by atoms with Crippen molar-refractivity contribution in [3.63, 3.8) is 0 Å². The number of carbonyl (C=O) groups excluding carboxylic acids is 1. The molecule has 358 valence electrons. The van der Waals surface area contributed by atoms with Crippen LogP contribution in [0.4, 0.5) is 0 Å². The van der Waals surface area contributed by atoms with E-state index in [2.05, 4.69) is 24.3 Å². The van der Waals surface area contributed by atoms with Crippen molar-refractivity contribution in [2.24, 2.45) is 0 Å². The summed E-state index contributed by atoms with van der Waals surface area (Å²) in [5.41, 5.74) is 6.06. The summed E-state index contributed by atoms with van der Waals surface area (Å²) in [5.74, 6) is -0.251. The van der Waals surface area contributed by atoms with E-state index in [-0.39, 0.29) is 77.6 Å². The lowest BCUT2D eigenvalue weighted by Gasteiger charge is -2.40. The van der Waals surface area contributed by atoms with E-state index in [0.717, 1.165) is 0 Å². The summed E-state index contributed by atoms with van der Waals surface area (Å²) in [7, 11) is 0. The van der Waals surface area contributed by atoms with Crippen LogP contribution >= 0.6 is 0 Å². The number of rotatable bonds is 25. The fraction of sp³-hybridized carbons (Fsp3) is 0.500. The predicted molar refractivity (Wildman–Crippen MR) is 239 cm³/mol. The summed E-state index contributed by atoms with van der Waals surface area (Å²) in [5, 5.41) is 66.5. The molecule has 0 radical (unpaired) electrons. The van der Waals surface area contributed by atoms with Gasteiger partial charge in [0, 0.05) is 49.7 Å². The minimum absolute atomic E-state index is 0.0160. The lowest BCUT2D eigenvalue weighted by atomic mass is 9.98. The molecule has 2 unspecified atom stereocenters. The summed E-state index contributed by atoms with van der Waals surface area (Å²) in [4.78, 5) is 14.2. The molecule has 0 aromatic heterocycles. The van der Waals surface area contributed by atoms with Crippen molar-refractivity contribution in [1.29, 1.82) is 0 Å². The van der Waals surface area contributed by atoms with E-state index in [1.54, 1.807) is 53.4 Å². The van der Waals surface area contributed by atoms with Crippen LogP contribution in [-0.2, 0) is 42.7 Å². The van der Waals surface area contributed by atoms with E-state index < -0.39 is 61.4 Å². The van der Waals surface area contributed by atoms with Gasteiger partial charge in [-0.05, 0) is 28.7 Å². The number of hydrogen-bond donors (Lipinski definition) is 6. The van der Waals surface area contributed by atoms with Gasteiger partial charge in [0.2, 0.25) is 0 Å². The molecule has 0 spiro atoms. The molecule has 7 rings (SSSR count). The fourth-order valence-corrected chi connectivity index (χ4v) is 8.48. The molecule has 4 aromatic carbocycles. The molecular formula is C50H63NO15. The van der Waals surface area contributed by atoms with Crippen LogP contribution < -0.4 is 0 Å². The monoisotopic (exact) mass is 917 g/mol. The third kappa shape index (κ3) is 13.5. The van der Waals surface area contributed by atoms with Crippen molar-refractivity contribution in [3.05, 3.63) is 131 Å². The number of aliphatic hydroxyl groups excluding tert-OH is 6. The second kappa shape index (κ2) is 25.2. The normalized spacial score (nSPS) is 23.7. The van der Waals surface area contributed by atoms with Gasteiger partial charge in [-0.3, -0.25) is 9.69 Å². The quantitative estimate of drug-likeness (QED) is 0.0417. The number of benzene rings is 4. The van der Waals surface area contributed by atoms with Gasteiger partial charge in [-0.1, -0.05) is 109 Å². The standard InChI is InChI=1S/C50H63NO15/c52-40(45(57)47-42(54)31-63-49(65-47)33-12-3-1-4-13-33)28-51(29-41(53)46(58)48-43(55)32-64-50(66-48)34-14-5-2-6-15-34)21-23-60-25-27-61-26-24-59-22-11-20-44(56)62-30-39-37-18-9-7-16-35(37)36-17-8-10-19-38(36)39/h1-10,12-19,39-43,45-50,52-55,57-58H,11,20-32H2/t40-,41-,42+,43+,45+,46+,47+,48+,49?,50?/m0/s1. The van der Waals surface area contributed by atoms with Crippen molar-refractivity contribution in [3.8, 4) is 11.1 Å². The molecule has 16 nitrogen and oxygen atoms in total. The van der Waals surface area contributed by atoms with Gasteiger partial charge in [0.05, 0.1) is 58.5 Å². The largest absolute Gasteiger partial charge is 0.465 e. The van der Waals surface area contributed by atoms with Crippen LogP contribution in [0.1, 0.15) is 53.6 Å². The molecule has 2 aliphatic heterocycles. The topological polar surface area (TPSA) is 216 Å². The lowest BCUT2D eigenvalue weighted by molar-refractivity contribution is -0.285. The van der Waals surface area contributed by atoms with Gasteiger partial charge in [-0.25, -0.2) is 0 Å². The van der Waals surface area contributed by atoms with Crippen LogP contribution in [0.15, 0.2) is 109 Å². The minimum Gasteiger partial charge on any atom is -0.465 e. The molecule has 10 atom stereocenters. The number of fused-ring (bicyclic) bond motifs is 3. The second-order valence-electron chi connectivity index (χ2n) is 16.7. The molecule has 6 N–H and O–H groups in total. The van der Waals surface area contributed by atoms with E-state index in [1.807, 2.05) is 36.4 Å². The summed E-state index contributed by atoms with van der Waals surface area (Å²) in [6.07, 6.45) is -11.9. The van der Waals surface area contributed by atoms with Crippen LogP contribution in [0.25, 0.3) is 11.1 Å². The van der Waals surface area contributed by atoms with Gasteiger partial charge in [0.15, 0.2) is 12.6 Å². The van der Waals surface area contributed by atoms with Crippen molar-refractivity contribution in [1.82, 2.24) is 4.90 Å². The number of nitrogens with zero attached hydrogens (tertiary/aromatic N) is 1. The molecule has 4 aromatic rings. The summed E-state index contributed by atoms with van der Waals surface area (Å²) in [6, 6.07) is 34.5. The summed E-state index contributed by atoms with van der Waals surface area (Å²) in [6.45, 7) is 1.37. The maximum atomic E-state index is 12.6. The molecule has 1 aliphatic carbocycles. The average Bonchev–Trinajstić information content (AvgIpc) is 3.67. The first kappa shape index (κ1) is 49.7. The van der Waals surface area contributed by atoms with Gasteiger partial charge in [0.25, 0.3) is 0 Å². The fourth-order valence-electron chi connectivity index (χ4n) is 8.48. The highest BCUT2D eigenvalue weighted by Gasteiger charge is 2.42. The van der Waals surface area contributed by atoms with Gasteiger partial charge in [-0.2, -0.15) is 0 Å². The highest BCUT2D eigenvalue weighted by molar-refractivity contribution is 5.79. The Bertz CT molecular complexity index is 1920. The predicted octanol–water partition coefficient (Wildman–Crippen LogP) is 2.87. The zero-order valence-corrected chi connectivity index (χ0v) is 36.9. The van der Waals surface area contributed by atoms with Crippen LogP contribution in [-0.4, -0.2) is 169 Å². The Morgan fingerprint density at radius 3 is 1.53 bits per heavy atom. The molecular weight excluding hydrogens is 855 g/mol. The van der Waals surface area contributed by atoms with E-state index in [1.165, 1.54) is 22.3 Å². The van der Waals surface area contributed by atoms with E-state index >= 15 is 0 Å². The van der Waals surface area contributed by atoms with E-state index in [0.29, 0.717) is 37.4 Å². The zero-order chi connectivity index (χ0) is 46.3. The number of esters is 1. The number of hydrogen-bond acceptors (Lipinski definition) is 16. The first-order valence-electron chi connectivity index (χ1n) is 22.7. The Hall–Kier alpha value is -4.21. The van der Waals surface area contributed by atoms with Gasteiger partial charge >= 0.3 is 5.97 Å². The van der Waals surface area contributed by atoms with Crippen molar-refractivity contribution < 1.29 is 73.3 Å². The van der Waals surface area contributed by atoms with Crippen LogP contribution in [0.5, 0.6) is 0 Å². The SMILES string of the molecule is O=C(CCCOCCOCCOCCN(C[C@H](O)[C@@H](O)[C@@H]1OC(c2ccccc2)OC[C@H]1O)C[C@H](O)[C@@H](O)[C@@H]1OC(c2ccccc2)OC[C@H]1O)OCC1c2ccccc2-c2ccccc21. The number of aliphatic hydroxyl groups is 6. The smallest absolute Gasteiger partial charge is 0.305 e. The van der Waals surface area contributed by atoms with Crippen LogP contribution in [0.2, 0.25) is 0 Å². The highest BCUT2D eigenvalue weighted by atomic mass is 16.7. The molecule has 3 aliphatic rings. The second-order valence-corrected chi connectivity index (χ2v) is 16.7. The highest BCUT2D eigenvalue weighted by Crippen LogP contribution is 2.44. The molecule has 2 heterocycles. The van der Waals surface area contributed by atoms with Crippen molar-refractivity contribution in [2.75, 3.05) is 79.1 Å². The van der Waals surface area contributed by atoms with Gasteiger partial charge in [-0.15, -0.1) is 0 Å². The molecule has 66 heavy (non-hydrogen) atoms. The molecule has 2 fully saturated rings. The Morgan fingerprint density at radius 2 is 1.03 bits per heavy atom. The third-order valence-electron chi connectivity index (χ3n) is 12.0.